The Bertz CT molecular complexity index is 573. The van der Waals surface area contributed by atoms with Crippen molar-refractivity contribution in [1.82, 2.24) is 0 Å². The zero-order chi connectivity index (χ0) is 16.9. The van der Waals surface area contributed by atoms with Gasteiger partial charge in [0.05, 0.1) is 26.4 Å². The largest absolute Gasteiger partial charge is 0.350 e. The van der Waals surface area contributed by atoms with Gasteiger partial charge >= 0.3 is 0 Å². The number of allylic oxidation sites excluding steroid dienone is 2. The highest BCUT2D eigenvalue weighted by molar-refractivity contribution is 5.92. The van der Waals surface area contributed by atoms with Gasteiger partial charge in [-0.2, -0.15) is 0 Å². The molecule has 5 aliphatic rings. The molecule has 2 spiro atoms. The van der Waals surface area contributed by atoms with Crippen molar-refractivity contribution in [2.75, 3.05) is 26.4 Å². The minimum absolute atomic E-state index is 0.0422. The molecule has 2 bridgehead atoms. The molecule has 25 heavy (non-hydrogen) atoms. The molecule has 3 atom stereocenters. The first kappa shape index (κ1) is 16.4. The SMILES string of the molecule is O=C1C=C(CCCC2OCCO2)[C@]23CCC4(OCCO4)C(C[C@@H]2C1)C3. The molecule has 5 heteroatoms. The summed E-state index contributed by atoms with van der Waals surface area (Å²) in [5, 5.41) is 0. The Morgan fingerprint density at radius 3 is 2.64 bits per heavy atom. The average molecular weight is 348 g/mol. The minimum atomic E-state index is -0.345. The van der Waals surface area contributed by atoms with Gasteiger partial charge in [0.2, 0.25) is 0 Å². The highest BCUT2D eigenvalue weighted by Gasteiger charge is 2.62. The molecule has 2 aliphatic heterocycles. The molecular weight excluding hydrogens is 320 g/mol. The van der Waals surface area contributed by atoms with Gasteiger partial charge in [0.15, 0.2) is 17.9 Å². The second kappa shape index (κ2) is 6.15. The van der Waals surface area contributed by atoms with E-state index in [4.69, 9.17) is 18.9 Å². The van der Waals surface area contributed by atoms with Crippen LogP contribution in [0.5, 0.6) is 0 Å². The van der Waals surface area contributed by atoms with Crippen LogP contribution in [0, 0.1) is 17.3 Å². The molecule has 138 valence electrons. The third-order valence-corrected chi connectivity index (χ3v) is 7.28. The zero-order valence-electron chi connectivity index (χ0n) is 14.8. The lowest BCUT2D eigenvalue weighted by molar-refractivity contribution is -0.212. The molecule has 5 rings (SSSR count). The van der Waals surface area contributed by atoms with Crippen LogP contribution >= 0.6 is 0 Å². The topological polar surface area (TPSA) is 54.0 Å². The van der Waals surface area contributed by atoms with Crippen molar-refractivity contribution in [1.29, 1.82) is 0 Å². The van der Waals surface area contributed by atoms with Gasteiger partial charge in [0, 0.05) is 18.8 Å². The predicted molar refractivity (Wildman–Crippen MR) is 89.8 cm³/mol. The summed E-state index contributed by atoms with van der Waals surface area (Å²) in [4.78, 5) is 12.3. The van der Waals surface area contributed by atoms with Crippen molar-refractivity contribution in [2.24, 2.45) is 17.3 Å². The molecule has 3 aliphatic carbocycles. The van der Waals surface area contributed by atoms with E-state index >= 15 is 0 Å². The van der Waals surface area contributed by atoms with E-state index in [-0.39, 0.29) is 17.5 Å². The first-order valence-electron chi connectivity index (χ1n) is 9.95. The Labute approximate surface area is 149 Å². The monoisotopic (exact) mass is 348 g/mol. The summed E-state index contributed by atoms with van der Waals surface area (Å²) >= 11 is 0. The molecule has 0 amide bonds. The van der Waals surface area contributed by atoms with E-state index in [1.165, 1.54) is 5.57 Å². The smallest absolute Gasteiger partial charge is 0.171 e. The van der Waals surface area contributed by atoms with Crippen LogP contribution in [0.2, 0.25) is 0 Å². The van der Waals surface area contributed by atoms with Gasteiger partial charge < -0.3 is 18.9 Å². The van der Waals surface area contributed by atoms with E-state index in [1.54, 1.807) is 0 Å². The van der Waals surface area contributed by atoms with Crippen LogP contribution in [0.25, 0.3) is 0 Å². The maximum Gasteiger partial charge on any atom is 0.171 e. The number of fused-ring (bicyclic) bond motifs is 2. The van der Waals surface area contributed by atoms with Gasteiger partial charge in [-0.05, 0) is 55.9 Å². The number of rotatable bonds is 4. The molecule has 1 unspecified atom stereocenters. The lowest BCUT2D eigenvalue weighted by Crippen LogP contribution is -2.44. The molecule has 4 fully saturated rings. The molecule has 2 saturated heterocycles. The maximum absolute atomic E-state index is 12.3. The predicted octanol–water partition coefficient (Wildman–Crippen LogP) is 2.98. The number of hydrogen-bond donors (Lipinski definition) is 0. The average Bonchev–Trinajstić information content (AvgIpc) is 3.31. The summed E-state index contributed by atoms with van der Waals surface area (Å²) in [6, 6.07) is 0. The summed E-state index contributed by atoms with van der Waals surface area (Å²) in [6.45, 7) is 2.86. The summed E-state index contributed by atoms with van der Waals surface area (Å²) < 4.78 is 23.2. The standard InChI is InChI=1S/C20H28O5/c21-17-11-14(2-1-3-18-22-6-7-23-18)19-4-5-20(24-8-9-25-20)16(13-19)10-15(19)12-17/h11,15-16,18H,1-10,12-13H2/t15-,16?,19-/m1/s1. The summed E-state index contributed by atoms with van der Waals surface area (Å²) in [6.07, 6.45) is 9.89. The number of hydrogen-bond acceptors (Lipinski definition) is 5. The fourth-order valence-electron chi connectivity index (χ4n) is 6.18. The second-order valence-electron chi connectivity index (χ2n) is 8.40. The quantitative estimate of drug-likeness (QED) is 0.782. The van der Waals surface area contributed by atoms with Crippen molar-refractivity contribution in [3.8, 4) is 0 Å². The van der Waals surface area contributed by atoms with Gasteiger partial charge in [0.25, 0.3) is 0 Å². The first-order chi connectivity index (χ1) is 12.2. The molecule has 2 saturated carbocycles. The Morgan fingerprint density at radius 2 is 1.84 bits per heavy atom. The summed E-state index contributed by atoms with van der Waals surface area (Å²) in [7, 11) is 0. The third-order valence-electron chi connectivity index (χ3n) is 7.28. The van der Waals surface area contributed by atoms with Crippen LogP contribution in [0.15, 0.2) is 11.6 Å². The third kappa shape index (κ3) is 2.62. The molecule has 0 aromatic carbocycles. The van der Waals surface area contributed by atoms with Crippen LogP contribution in [0.1, 0.15) is 51.4 Å². The minimum Gasteiger partial charge on any atom is -0.350 e. The van der Waals surface area contributed by atoms with Crippen LogP contribution in [-0.4, -0.2) is 44.3 Å². The van der Waals surface area contributed by atoms with Crippen LogP contribution in [0.4, 0.5) is 0 Å². The Hall–Kier alpha value is -0.750. The lowest BCUT2D eigenvalue weighted by Gasteiger charge is -2.46. The number of ether oxygens (including phenoxy) is 4. The van der Waals surface area contributed by atoms with Crippen molar-refractivity contribution in [3.63, 3.8) is 0 Å². The van der Waals surface area contributed by atoms with E-state index in [9.17, 15) is 4.79 Å². The molecule has 2 heterocycles. The fourth-order valence-corrected chi connectivity index (χ4v) is 6.18. The highest BCUT2D eigenvalue weighted by atomic mass is 16.7. The number of carbonyl (C=O) groups excluding carboxylic acids is 1. The van der Waals surface area contributed by atoms with Gasteiger partial charge in [0.1, 0.15) is 0 Å². The Kier molecular flexibility index (Phi) is 4.04. The van der Waals surface area contributed by atoms with Gasteiger partial charge in [-0.15, -0.1) is 0 Å². The maximum atomic E-state index is 12.3. The molecule has 5 nitrogen and oxygen atoms in total. The van der Waals surface area contributed by atoms with Crippen molar-refractivity contribution < 1.29 is 23.7 Å². The van der Waals surface area contributed by atoms with Gasteiger partial charge in [-0.3, -0.25) is 4.79 Å². The van der Waals surface area contributed by atoms with Crippen LogP contribution in [0.3, 0.4) is 0 Å². The molecule has 0 N–H and O–H groups in total. The van der Waals surface area contributed by atoms with E-state index in [0.29, 0.717) is 37.3 Å². The summed E-state index contributed by atoms with van der Waals surface area (Å²) in [5.41, 5.74) is 1.61. The first-order valence-corrected chi connectivity index (χ1v) is 9.95. The van der Waals surface area contributed by atoms with E-state index in [2.05, 4.69) is 0 Å². The van der Waals surface area contributed by atoms with Crippen molar-refractivity contribution in [3.05, 3.63) is 11.6 Å². The van der Waals surface area contributed by atoms with Gasteiger partial charge in [-0.1, -0.05) is 5.57 Å². The Balaban J connectivity index is 1.32. The van der Waals surface area contributed by atoms with Crippen molar-refractivity contribution in [2.45, 2.75) is 63.4 Å². The van der Waals surface area contributed by atoms with Crippen LogP contribution < -0.4 is 0 Å². The number of ketones is 1. The number of carbonyl (C=O) groups is 1. The van der Waals surface area contributed by atoms with E-state index in [1.807, 2.05) is 6.08 Å². The Morgan fingerprint density at radius 1 is 1.04 bits per heavy atom. The second-order valence-corrected chi connectivity index (χ2v) is 8.40. The van der Waals surface area contributed by atoms with Crippen LogP contribution in [-0.2, 0) is 23.7 Å². The normalized spacial score (nSPS) is 39.8. The molecular formula is C20H28O5. The zero-order valence-corrected chi connectivity index (χ0v) is 14.8. The molecule has 0 aromatic heterocycles. The highest BCUT2D eigenvalue weighted by Crippen LogP contribution is 2.65. The van der Waals surface area contributed by atoms with E-state index in [0.717, 1.165) is 58.2 Å². The molecule has 0 aromatic rings. The summed E-state index contributed by atoms with van der Waals surface area (Å²) in [5.74, 6) is 0.900. The fraction of sp³-hybridized carbons (Fsp3) is 0.850. The van der Waals surface area contributed by atoms with Crippen molar-refractivity contribution >= 4 is 5.78 Å². The molecule has 0 radical (unpaired) electrons. The van der Waals surface area contributed by atoms with E-state index < -0.39 is 0 Å². The van der Waals surface area contributed by atoms with Gasteiger partial charge in [-0.25, -0.2) is 0 Å². The lowest BCUT2D eigenvalue weighted by atomic mass is 9.61.